The van der Waals surface area contributed by atoms with E-state index in [4.69, 9.17) is 11.6 Å². The molecule has 0 aliphatic carbocycles. The molecule has 0 bridgehead atoms. The molecule has 1 fully saturated rings. The Morgan fingerprint density at radius 3 is 2.61 bits per heavy atom. The number of hydrogen-bond donors (Lipinski definition) is 1. The van der Waals surface area contributed by atoms with Crippen molar-refractivity contribution in [1.82, 2.24) is 19.4 Å². The second-order valence-electron chi connectivity index (χ2n) is 4.20. The molecule has 6 nitrogen and oxygen atoms in total. The molecule has 1 N–H and O–H groups in total. The molecule has 0 unspecified atom stereocenters. The van der Waals surface area contributed by atoms with Gasteiger partial charge in [-0.3, -0.25) is 5.10 Å². The molecular formula is C10H17ClN4O2S. The fraction of sp³-hybridized carbons (Fsp3) is 0.700. The number of nitrogens with zero attached hydrogens (tertiary/aromatic N) is 3. The molecule has 0 radical (unpaired) electrons. The van der Waals surface area contributed by atoms with Crippen molar-refractivity contribution in [2.24, 2.45) is 0 Å². The van der Waals surface area contributed by atoms with Crippen LogP contribution in [-0.2, 0) is 15.9 Å². The van der Waals surface area contributed by atoms with Crippen molar-refractivity contribution in [2.45, 2.75) is 17.8 Å². The standard InChI is InChI=1S/C10H17ClN4O2S/c1-2-14-3-5-15(6-4-14)18(16,17)10-9(7-11)8-12-13-10/h8H,2-7H2,1H3,(H,12,13). The Morgan fingerprint density at radius 1 is 1.39 bits per heavy atom. The molecule has 0 amide bonds. The second kappa shape index (κ2) is 5.56. The summed E-state index contributed by atoms with van der Waals surface area (Å²) in [5, 5.41) is 6.43. The SMILES string of the molecule is CCN1CCN(S(=O)(=O)c2[nH]ncc2CCl)CC1. The highest BCUT2D eigenvalue weighted by Crippen LogP contribution is 2.20. The predicted octanol–water partition coefficient (Wildman–Crippen LogP) is 0.475. The minimum atomic E-state index is -3.49. The van der Waals surface area contributed by atoms with E-state index < -0.39 is 10.0 Å². The zero-order chi connectivity index (χ0) is 13.2. The maximum absolute atomic E-state index is 12.4. The van der Waals surface area contributed by atoms with Crippen LogP contribution in [0.3, 0.4) is 0 Å². The van der Waals surface area contributed by atoms with E-state index in [1.165, 1.54) is 10.5 Å². The van der Waals surface area contributed by atoms with Crippen LogP contribution in [0.2, 0.25) is 0 Å². The number of halogens is 1. The largest absolute Gasteiger partial charge is 0.301 e. The molecule has 0 atom stereocenters. The maximum atomic E-state index is 12.4. The smallest absolute Gasteiger partial charge is 0.260 e. The monoisotopic (exact) mass is 292 g/mol. The highest BCUT2D eigenvalue weighted by molar-refractivity contribution is 7.89. The number of H-pyrrole nitrogens is 1. The van der Waals surface area contributed by atoms with Gasteiger partial charge in [-0.25, -0.2) is 8.42 Å². The van der Waals surface area contributed by atoms with Crippen LogP contribution in [0.1, 0.15) is 12.5 Å². The minimum Gasteiger partial charge on any atom is -0.301 e. The third kappa shape index (κ3) is 2.54. The highest BCUT2D eigenvalue weighted by Gasteiger charge is 2.30. The van der Waals surface area contributed by atoms with Crippen LogP contribution in [0.15, 0.2) is 11.2 Å². The summed E-state index contributed by atoms with van der Waals surface area (Å²) in [6.45, 7) is 5.57. The van der Waals surface area contributed by atoms with Gasteiger partial charge in [0, 0.05) is 31.7 Å². The molecule has 102 valence electrons. The Labute approximate surface area is 112 Å². The third-order valence-electron chi connectivity index (χ3n) is 3.20. The van der Waals surface area contributed by atoms with Crippen molar-refractivity contribution in [3.8, 4) is 0 Å². The van der Waals surface area contributed by atoms with Crippen LogP contribution >= 0.6 is 11.6 Å². The lowest BCUT2D eigenvalue weighted by molar-refractivity contribution is 0.196. The number of likely N-dealkylation sites (N-methyl/N-ethyl adjacent to an activating group) is 1. The van der Waals surface area contributed by atoms with E-state index in [0.29, 0.717) is 18.7 Å². The zero-order valence-corrected chi connectivity index (χ0v) is 11.8. The lowest BCUT2D eigenvalue weighted by atomic mass is 10.4. The molecule has 0 aromatic carbocycles. The van der Waals surface area contributed by atoms with Gasteiger partial charge in [-0.05, 0) is 6.54 Å². The summed E-state index contributed by atoms with van der Waals surface area (Å²) in [4.78, 5) is 2.22. The number of aromatic amines is 1. The van der Waals surface area contributed by atoms with Crippen molar-refractivity contribution >= 4 is 21.6 Å². The molecule has 1 saturated heterocycles. The molecule has 0 saturated carbocycles. The van der Waals surface area contributed by atoms with Crippen molar-refractivity contribution in [1.29, 1.82) is 0 Å². The average Bonchev–Trinajstić information content (AvgIpc) is 2.88. The molecule has 1 aromatic heterocycles. The number of alkyl halides is 1. The van der Waals surface area contributed by atoms with Crippen LogP contribution in [-0.4, -0.2) is 60.5 Å². The number of aromatic nitrogens is 2. The summed E-state index contributed by atoms with van der Waals surface area (Å²) in [5.74, 6) is 0.139. The predicted molar refractivity (Wildman–Crippen MR) is 69.0 cm³/mol. The Balaban J connectivity index is 2.17. The fourth-order valence-corrected chi connectivity index (χ4v) is 3.84. The summed E-state index contributed by atoms with van der Waals surface area (Å²) in [6.07, 6.45) is 1.46. The topological polar surface area (TPSA) is 69.3 Å². The molecule has 2 rings (SSSR count). The zero-order valence-electron chi connectivity index (χ0n) is 10.3. The van der Waals surface area contributed by atoms with E-state index in [2.05, 4.69) is 22.0 Å². The van der Waals surface area contributed by atoms with Gasteiger partial charge in [0.15, 0.2) is 5.03 Å². The van der Waals surface area contributed by atoms with Gasteiger partial charge in [-0.1, -0.05) is 6.92 Å². The van der Waals surface area contributed by atoms with Crippen molar-refractivity contribution < 1.29 is 8.42 Å². The normalized spacial score (nSPS) is 19.2. The summed E-state index contributed by atoms with van der Waals surface area (Å²) in [6, 6.07) is 0. The van der Waals surface area contributed by atoms with Crippen molar-refractivity contribution in [3.05, 3.63) is 11.8 Å². The summed E-state index contributed by atoms with van der Waals surface area (Å²) < 4.78 is 26.3. The second-order valence-corrected chi connectivity index (χ2v) is 6.34. The number of hydrogen-bond acceptors (Lipinski definition) is 4. The Bertz CT molecular complexity index is 494. The molecule has 18 heavy (non-hydrogen) atoms. The quantitative estimate of drug-likeness (QED) is 0.819. The first-order valence-corrected chi connectivity index (χ1v) is 7.87. The van der Waals surface area contributed by atoms with Gasteiger partial charge in [0.25, 0.3) is 10.0 Å². The highest BCUT2D eigenvalue weighted by atomic mass is 35.5. The Kier molecular flexibility index (Phi) is 4.26. The summed E-state index contributed by atoms with van der Waals surface area (Å²) in [5.41, 5.74) is 0.523. The van der Waals surface area contributed by atoms with E-state index in [-0.39, 0.29) is 10.9 Å². The van der Waals surface area contributed by atoms with Crippen LogP contribution < -0.4 is 0 Å². The van der Waals surface area contributed by atoms with E-state index >= 15 is 0 Å². The molecule has 1 aromatic rings. The molecule has 8 heteroatoms. The number of sulfonamides is 1. The van der Waals surface area contributed by atoms with Crippen LogP contribution in [0.25, 0.3) is 0 Å². The van der Waals surface area contributed by atoms with Gasteiger partial charge in [-0.15, -0.1) is 11.6 Å². The maximum Gasteiger partial charge on any atom is 0.260 e. The van der Waals surface area contributed by atoms with Gasteiger partial charge < -0.3 is 4.90 Å². The van der Waals surface area contributed by atoms with Gasteiger partial charge >= 0.3 is 0 Å². The number of rotatable bonds is 4. The Morgan fingerprint density at radius 2 is 2.06 bits per heavy atom. The van der Waals surface area contributed by atoms with Crippen molar-refractivity contribution in [2.75, 3.05) is 32.7 Å². The molecular weight excluding hydrogens is 276 g/mol. The van der Waals surface area contributed by atoms with Gasteiger partial charge in [0.2, 0.25) is 0 Å². The molecule has 2 heterocycles. The lowest BCUT2D eigenvalue weighted by Crippen LogP contribution is -2.48. The summed E-state index contributed by atoms with van der Waals surface area (Å²) in [7, 11) is -3.49. The molecule has 0 spiro atoms. The van der Waals surface area contributed by atoms with Crippen LogP contribution in [0, 0.1) is 0 Å². The lowest BCUT2D eigenvalue weighted by Gasteiger charge is -2.32. The third-order valence-corrected chi connectivity index (χ3v) is 5.40. The van der Waals surface area contributed by atoms with Crippen molar-refractivity contribution in [3.63, 3.8) is 0 Å². The fourth-order valence-electron chi connectivity index (χ4n) is 2.03. The van der Waals surface area contributed by atoms with E-state index in [1.54, 1.807) is 0 Å². The van der Waals surface area contributed by atoms with E-state index in [0.717, 1.165) is 19.6 Å². The number of nitrogens with one attached hydrogen (secondary N) is 1. The first kappa shape index (κ1) is 13.8. The van der Waals surface area contributed by atoms with Gasteiger partial charge in [0.05, 0.1) is 12.1 Å². The first-order valence-electron chi connectivity index (χ1n) is 5.90. The minimum absolute atomic E-state index is 0.127. The first-order chi connectivity index (χ1) is 8.59. The Hall–Kier alpha value is -0.630. The molecule has 1 aliphatic heterocycles. The number of piperazine rings is 1. The molecule has 1 aliphatic rings. The van der Waals surface area contributed by atoms with Gasteiger partial charge in [0.1, 0.15) is 0 Å². The summed E-state index contributed by atoms with van der Waals surface area (Å²) >= 11 is 5.71. The van der Waals surface area contributed by atoms with Gasteiger partial charge in [-0.2, -0.15) is 9.40 Å². The van der Waals surface area contributed by atoms with E-state index in [9.17, 15) is 8.42 Å². The average molecular weight is 293 g/mol. The van der Waals surface area contributed by atoms with Crippen LogP contribution in [0.4, 0.5) is 0 Å². The van der Waals surface area contributed by atoms with E-state index in [1.807, 2.05) is 0 Å². The van der Waals surface area contributed by atoms with Crippen LogP contribution in [0.5, 0.6) is 0 Å².